The standard InChI is InChI=1S/C13H11BrFNO2/c1-8(17)9-2-5-13(16-7-9)18-12-4-3-10(15)6-11(12)14/h2-8,17H,1H3. The molecule has 3 nitrogen and oxygen atoms in total. The van der Waals surface area contributed by atoms with Crippen molar-refractivity contribution in [2.75, 3.05) is 0 Å². The molecular weight excluding hydrogens is 301 g/mol. The molecule has 1 aromatic heterocycles. The first-order chi connectivity index (χ1) is 8.56. The van der Waals surface area contributed by atoms with Crippen molar-refractivity contribution in [2.45, 2.75) is 13.0 Å². The van der Waals surface area contributed by atoms with Crippen LogP contribution in [-0.4, -0.2) is 10.1 Å². The summed E-state index contributed by atoms with van der Waals surface area (Å²) in [7, 11) is 0. The lowest BCUT2D eigenvalue weighted by Crippen LogP contribution is -1.94. The summed E-state index contributed by atoms with van der Waals surface area (Å²) >= 11 is 3.21. The number of benzene rings is 1. The number of hydrogen-bond donors (Lipinski definition) is 1. The number of nitrogens with zero attached hydrogens (tertiary/aromatic N) is 1. The third-order valence-corrected chi connectivity index (χ3v) is 2.97. The minimum absolute atomic E-state index is 0.341. The van der Waals surface area contributed by atoms with Gasteiger partial charge in [-0.15, -0.1) is 0 Å². The largest absolute Gasteiger partial charge is 0.438 e. The summed E-state index contributed by atoms with van der Waals surface area (Å²) in [5.41, 5.74) is 0.709. The lowest BCUT2D eigenvalue weighted by molar-refractivity contribution is 0.198. The molecule has 0 aliphatic heterocycles. The molecule has 1 N–H and O–H groups in total. The second-order valence-corrected chi connectivity index (χ2v) is 4.64. The van der Waals surface area contributed by atoms with Crippen LogP contribution in [0.1, 0.15) is 18.6 Å². The summed E-state index contributed by atoms with van der Waals surface area (Å²) in [4.78, 5) is 4.06. The van der Waals surface area contributed by atoms with Crippen molar-refractivity contribution in [3.63, 3.8) is 0 Å². The van der Waals surface area contributed by atoms with Crippen LogP contribution in [0.2, 0.25) is 0 Å². The highest BCUT2D eigenvalue weighted by molar-refractivity contribution is 9.10. The fourth-order valence-electron chi connectivity index (χ4n) is 1.37. The van der Waals surface area contributed by atoms with Crippen molar-refractivity contribution < 1.29 is 14.2 Å². The molecule has 2 rings (SSSR count). The highest BCUT2D eigenvalue weighted by Crippen LogP contribution is 2.29. The lowest BCUT2D eigenvalue weighted by atomic mass is 10.2. The number of hydrogen-bond acceptors (Lipinski definition) is 3. The first-order valence-corrected chi connectivity index (χ1v) is 6.12. The average Bonchev–Trinajstić information content (AvgIpc) is 2.33. The summed E-state index contributed by atoms with van der Waals surface area (Å²) in [5, 5.41) is 9.35. The molecule has 5 heteroatoms. The Kier molecular flexibility index (Phi) is 3.93. The van der Waals surface area contributed by atoms with E-state index >= 15 is 0 Å². The van der Waals surface area contributed by atoms with Crippen LogP contribution >= 0.6 is 15.9 Å². The number of ether oxygens (including phenoxy) is 1. The zero-order chi connectivity index (χ0) is 13.1. The van der Waals surface area contributed by atoms with Gasteiger partial charge in [0.1, 0.15) is 11.6 Å². The van der Waals surface area contributed by atoms with Gasteiger partial charge in [-0.25, -0.2) is 9.37 Å². The Balaban J connectivity index is 2.18. The number of rotatable bonds is 3. The number of aliphatic hydroxyl groups is 1. The summed E-state index contributed by atoms with van der Waals surface area (Å²) in [6.45, 7) is 1.66. The Morgan fingerprint density at radius 3 is 2.67 bits per heavy atom. The molecule has 0 amide bonds. The molecule has 0 saturated carbocycles. The molecule has 0 spiro atoms. The molecule has 0 fully saturated rings. The van der Waals surface area contributed by atoms with Gasteiger partial charge < -0.3 is 9.84 Å². The number of halogens is 2. The first-order valence-electron chi connectivity index (χ1n) is 5.33. The predicted molar refractivity (Wildman–Crippen MR) is 69.0 cm³/mol. The molecule has 0 saturated heterocycles. The molecule has 0 bridgehead atoms. The number of aliphatic hydroxyl groups excluding tert-OH is 1. The maximum absolute atomic E-state index is 12.9. The van der Waals surface area contributed by atoms with Gasteiger partial charge in [0.15, 0.2) is 0 Å². The van der Waals surface area contributed by atoms with Crippen LogP contribution in [0, 0.1) is 5.82 Å². The molecule has 1 heterocycles. The minimum Gasteiger partial charge on any atom is -0.438 e. The highest BCUT2D eigenvalue weighted by atomic mass is 79.9. The molecule has 1 atom stereocenters. The zero-order valence-electron chi connectivity index (χ0n) is 9.60. The van der Waals surface area contributed by atoms with Gasteiger partial charge in [0, 0.05) is 12.3 Å². The van der Waals surface area contributed by atoms with E-state index < -0.39 is 6.10 Å². The molecule has 1 aromatic carbocycles. The van der Waals surface area contributed by atoms with E-state index in [1.165, 1.54) is 24.4 Å². The van der Waals surface area contributed by atoms with E-state index in [0.717, 1.165) is 0 Å². The second-order valence-electron chi connectivity index (χ2n) is 3.78. The molecule has 0 aliphatic rings. The maximum atomic E-state index is 12.9. The van der Waals surface area contributed by atoms with E-state index in [2.05, 4.69) is 20.9 Å². The Bertz CT molecular complexity index is 543. The third-order valence-electron chi connectivity index (χ3n) is 2.35. The van der Waals surface area contributed by atoms with Gasteiger partial charge in [-0.1, -0.05) is 0 Å². The van der Waals surface area contributed by atoms with Gasteiger partial charge >= 0.3 is 0 Å². The number of pyridine rings is 1. The van der Waals surface area contributed by atoms with Gasteiger partial charge in [-0.05, 0) is 52.7 Å². The van der Waals surface area contributed by atoms with Crippen molar-refractivity contribution >= 4 is 15.9 Å². The van der Waals surface area contributed by atoms with Gasteiger partial charge in [0.2, 0.25) is 5.88 Å². The average molecular weight is 312 g/mol. The minimum atomic E-state index is -0.566. The van der Waals surface area contributed by atoms with E-state index in [1.54, 1.807) is 19.1 Å². The second kappa shape index (κ2) is 5.46. The van der Waals surface area contributed by atoms with E-state index in [9.17, 15) is 9.50 Å². The molecule has 18 heavy (non-hydrogen) atoms. The van der Waals surface area contributed by atoms with E-state index in [1.807, 2.05) is 0 Å². The lowest BCUT2D eigenvalue weighted by Gasteiger charge is -2.08. The van der Waals surface area contributed by atoms with E-state index in [4.69, 9.17) is 4.74 Å². The molecular formula is C13H11BrFNO2. The van der Waals surface area contributed by atoms with E-state index in [-0.39, 0.29) is 5.82 Å². The van der Waals surface area contributed by atoms with E-state index in [0.29, 0.717) is 21.7 Å². The van der Waals surface area contributed by atoms with Gasteiger partial charge in [-0.3, -0.25) is 0 Å². The van der Waals surface area contributed by atoms with Crippen LogP contribution in [0.25, 0.3) is 0 Å². The maximum Gasteiger partial charge on any atom is 0.219 e. The smallest absolute Gasteiger partial charge is 0.219 e. The third kappa shape index (κ3) is 3.05. The van der Waals surface area contributed by atoms with Crippen LogP contribution in [0.4, 0.5) is 4.39 Å². The summed E-state index contributed by atoms with van der Waals surface area (Å²) in [6.07, 6.45) is 0.973. The normalized spacial score (nSPS) is 12.2. The van der Waals surface area contributed by atoms with Crippen molar-refractivity contribution in [1.82, 2.24) is 4.98 Å². The quantitative estimate of drug-likeness (QED) is 0.936. The fourth-order valence-corrected chi connectivity index (χ4v) is 1.80. The Morgan fingerprint density at radius 2 is 2.11 bits per heavy atom. The Labute approximate surface area is 112 Å². The summed E-state index contributed by atoms with van der Waals surface area (Å²) < 4.78 is 18.9. The SMILES string of the molecule is CC(O)c1ccc(Oc2ccc(F)cc2Br)nc1. The van der Waals surface area contributed by atoms with Crippen LogP contribution in [0.5, 0.6) is 11.6 Å². The van der Waals surface area contributed by atoms with Crippen molar-refractivity contribution in [3.8, 4) is 11.6 Å². The van der Waals surface area contributed by atoms with Gasteiger partial charge in [-0.2, -0.15) is 0 Å². The van der Waals surface area contributed by atoms with Crippen LogP contribution in [0.3, 0.4) is 0 Å². The molecule has 1 unspecified atom stereocenters. The van der Waals surface area contributed by atoms with Gasteiger partial charge in [0.25, 0.3) is 0 Å². The van der Waals surface area contributed by atoms with Crippen molar-refractivity contribution in [3.05, 3.63) is 52.4 Å². The van der Waals surface area contributed by atoms with Crippen LogP contribution in [-0.2, 0) is 0 Å². The van der Waals surface area contributed by atoms with Crippen molar-refractivity contribution in [2.24, 2.45) is 0 Å². The monoisotopic (exact) mass is 311 g/mol. The Hall–Kier alpha value is -1.46. The molecule has 0 radical (unpaired) electrons. The number of aromatic nitrogens is 1. The topological polar surface area (TPSA) is 42.4 Å². The first kappa shape index (κ1) is 13.0. The molecule has 0 aliphatic carbocycles. The molecule has 94 valence electrons. The summed E-state index contributed by atoms with van der Waals surface area (Å²) in [5.74, 6) is 0.520. The predicted octanol–water partition coefficient (Wildman–Crippen LogP) is 3.83. The fraction of sp³-hybridized carbons (Fsp3) is 0.154. The van der Waals surface area contributed by atoms with Crippen LogP contribution in [0.15, 0.2) is 41.0 Å². The molecule has 2 aromatic rings. The highest BCUT2D eigenvalue weighted by Gasteiger charge is 2.06. The Morgan fingerprint density at radius 1 is 1.33 bits per heavy atom. The summed E-state index contributed by atoms with van der Waals surface area (Å²) in [6, 6.07) is 7.52. The van der Waals surface area contributed by atoms with Crippen LogP contribution < -0.4 is 4.74 Å². The van der Waals surface area contributed by atoms with Crippen molar-refractivity contribution in [1.29, 1.82) is 0 Å². The zero-order valence-corrected chi connectivity index (χ0v) is 11.2. The van der Waals surface area contributed by atoms with Gasteiger partial charge in [0.05, 0.1) is 10.6 Å².